The molecule has 3 N–H and O–H groups in total. The van der Waals surface area contributed by atoms with E-state index < -0.39 is 0 Å². The van der Waals surface area contributed by atoms with Crippen LogP contribution in [-0.4, -0.2) is 19.1 Å². The lowest BCUT2D eigenvalue weighted by atomic mass is 9.96. The fourth-order valence-corrected chi connectivity index (χ4v) is 3.87. The van der Waals surface area contributed by atoms with Gasteiger partial charge in [0.25, 0.3) is 0 Å². The number of ether oxygens (including phenoxy) is 1. The molecule has 0 bridgehead atoms. The van der Waals surface area contributed by atoms with Crippen molar-refractivity contribution in [1.82, 2.24) is 5.32 Å². The number of carbonyl (C=O) groups is 1. The van der Waals surface area contributed by atoms with E-state index in [0.29, 0.717) is 11.4 Å². The standard InChI is InChI=1S/C21H25ClN2O2.ClH/c1-26-16-11-9-14(10-12-16)21(17-6-2-3-7-18(17)22)24-20(25)13-15-5-4-8-19(15)23;/h2-3,6-7,9-12,15,19,21H,4-5,8,13,23H2,1H3,(H,24,25);1H/t15-,19+,21?;/m0./s1. The van der Waals surface area contributed by atoms with Crippen LogP contribution in [0.1, 0.15) is 42.9 Å². The van der Waals surface area contributed by atoms with Crippen LogP contribution in [0.5, 0.6) is 5.75 Å². The van der Waals surface area contributed by atoms with E-state index in [1.807, 2.05) is 48.5 Å². The molecule has 0 heterocycles. The first-order valence-corrected chi connectivity index (χ1v) is 9.39. The Morgan fingerprint density at radius 1 is 1.22 bits per heavy atom. The quantitative estimate of drug-likeness (QED) is 0.739. The Morgan fingerprint density at radius 2 is 1.93 bits per heavy atom. The first-order chi connectivity index (χ1) is 12.6. The Balaban J connectivity index is 0.00000261. The van der Waals surface area contributed by atoms with Gasteiger partial charge in [0.2, 0.25) is 5.91 Å². The molecule has 6 heteroatoms. The van der Waals surface area contributed by atoms with Crippen molar-refractivity contribution in [3.63, 3.8) is 0 Å². The van der Waals surface area contributed by atoms with Crippen LogP contribution in [0.2, 0.25) is 5.02 Å². The molecule has 0 spiro atoms. The van der Waals surface area contributed by atoms with Crippen molar-refractivity contribution in [2.75, 3.05) is 7.11 Å². The van der Waals surface area contributed by atoms with E-state index in [1.165, 1.54) is 0 Å². The maximum absolute atomic E-state index is 12.7. The number of hydrogen-bond donors (Lipinski definition) is 2. The monoisotopic (exact) mass is 408 g/mol. The van der Waals surface area contributed by atoms with Crippen LogP contribution in [0.25, 0.3) is 0 Å². The molecule has 1 fully saturated rings. The van der Waals surface area contributed by atoms with Crippen molar-refractivity contribution >= 4 is 29.9 Å². The number of nitrogens with two attached hydrogens (primary N) is 1. The van der Waals surface area contributed by atoms with Crippen LogP contribution in [-0.2, 0) is 4.79 Å². The van der Waals surface area contributed by atoms with Crippen LogP contribution in [0.4, 0.5) is 0 Å². The second-order valence-electron chi connectivity index (χ2n) is 6.85. The minimum Gasteiger partial charge on any atom is -0.497 e. The van der Waals surface area contributed by atoms with Gasteiger partial charge in [0, 0.05) is 17.5 Å². The lowest BCUT2D eigenvalue weighted by Crippen LogP contribution is -2.34. The summed E-state index contributed by atoms with van der Waals surface area (Å²) in [6.07, 6.45) is 3.59. The van der Waals surface area contributed by atoms with Gasteiger partial charge in [-0.15, -0.1) is 12.4 Å². The number of hydrogen-bond acceptors (Lipinski definition) is 3. The number of halogens is 2. The van der Waals surface area contributed by atoms with Gasteiger partial charge in [-0.05, 0) is 48.1 Å². The maximum atomic E-state index is 12.7. The second-order valence-corrected chi connectivity index (χ2v) is 7.26. The van der Waals surface area contributed by atoms with Crippen molar-refractivity contribution in [3.05, 3.63) is 64.7 Å². The molecule has 1 saturated carbocycles. The average molecular weight is 409 g/mol. The van der Waals surface area contributed by atoms with Gasteiger partial charge in [-0.3, -0.25) is 4.79 Å². The van der Waals surface area contributed by atoms with Gasteiger partial charge in [-0.2, -0.15) is 0 Å². The Morgan fingerprint density at radius 3 is 2.52 bits per heavy atom. The van der Waals surface area contributed by atoms with E-state index in [0.717, 1.165) is 36.1 Å². The Kier molecular flexibility index (Phi) is 7.96. The summed E-state index contributed by atoms with van der Waals surface area (Å²) in [5, 5.41) is 3.79. The first-order valence-electron chi connectivity index (χ1n) is 9.02. The maximum Gasteiger partial charge on any atom is 0.221 e. The van der Waals surface area contributed by atoms with Gasteiger partial charge in [0.15, 0.2) is 0 Å². The summed E-state index contributed by atoms with van der Waals surface area (Å²) in [4.78, 5) is 12.7. The highest BCUT2D eigenvalue weighted by molar-refractivity contribution is 6.31. The van der Waals surface area contributed by atoms with Crippen LogP contribution >= 0.6 is 24.0 Å². The van der Waals surface area contributed by atoms with Crippen molar-refractivity contribution in [3.8, 4) is 5.75 Å². The molecule has 3 atom stereocenters. The lowest BCUT2D eigenvalue weighted by Gasteiger charge is -2.23. The Hall–Kier alpha value is -1.75. The number of nitrogens with one attached hydrogen (secondary N) is 1. The zero-order chi connectivity index (χ0) is 18.5. The number of benzene rings is 2. The summed E-state index contributed by atoms with van der Waals surface area (Å²) in [6.45, 7) is 0. The van der Waals surface area contributed by atoms with Crippen LogP contribution in [0.15, 0.2) is 48.5 Å². The molecule has 0 saturated heterocycles. The first kappa shape index (κ1) is 21.5. The molecule has 0 radical (unpaired) electrons. The van der Waals surface area contributed by atoms with E-state index in [-0.39, 0.29) is 36.3 Å². The third kappa shape index (κ3) is 5.38. The fourth-order valence-electron chi connectivity index (χ4n) is 3.62. The molecule has 3 rings (SSSR count). The predicted molar refractivity (Wildman–Crippen MR) is 112 cm³/mol. The number of carbonyl (C=O) groups excluding carboxylic acids is 1. The summed E-state index contributed by atoms with van der Waals surface area (Å²) in [5.74, 6) is 1.04. The third-order valence-electron chi connectivity index (χ3n) is 5.14. The van der Waals surface area contributed by atoms with Crippen LogP contribution in [0.3, 0.4) is 0 Å². The molecular weight excluding hydrogens is 383 g/mol. The molecular formula is C21H26Cl2N2O2. The van der Waals surface area contributed by atoms with Gasteiger partial charge in [-0.25, -0.2) is 0 Å². The largest absolute Gasteiger partial charge is 0.497 e. The molecule has 0 aromatic heterocycles. The van der Waals surface area contributed by atoms with Crippen molar-refractivity contribution < 1.29 is 9.53 Å². The molecule has 4 nitrogen and oxygen atoms in total. The van der Waals surface area contributed by atoms with Gasteiger partial charge in [0.05, 0.1) is 13.2 Å². The molecule has 0 aliphatic heterocycles. The number of amides is 1. The van der Waals surface area contributed by atoms with Crippen molar-refractivity contribution in [2.24, 2.45) is 11.7 Å². The van der Waals surface area contributed by atoms with Crippen LogP contribution in [0, 0.1) is 5.92 Å². The molecule has 27 heavy (non-hydrogen) atoms. The molecule has 1 unspecified atom stereocenters. The van der Waals surface area contributed by atoms with Gasteiger partial charge < -0.3 is 15.8 Å². The molecule has 1 amide bonds. The Bertz CT molecular complexity index is 752. The molecule has 1 aliphatic carbocycles. The topological polar surface area (TPSA) is 64.3 Å². The smallest absolute Gasteiger partial charge is 0.221 e. The summed E-state index contributed by atoms with van der Waals surface area (Å²) in [6, 6.07) is 15.1. The highest BCUT2D eigenvalue weighted by Gasteiger charge is 2.27. The van der Waals surface area contributed by atoms with Crippen molar-refractivity contribution in [1.29, 1.82) is 0 Å². The zero-order valence-corrected chi connectivity index (χ0v) is 16.9. The van der Waals surface area contributed by atoms with E-state index in [4.69, 9.17) is 22.1 Å². The molecule has 1 aliphatic rings. The summed E-state index contributed by atoms with van der Waals surface area (Å²) in [5.41, 5.74) is 7.96. The predicted octanol–water partition coefficient (Wildman–Crippen LogP) is 4.49. The summed E-state index contributed by atoms with van der Waals surface area (Å²) < 4.78 is 5.23. The minimum atomic E-state index is -0.306. The molecule has 2 aromatic rings. The van der Waals surface area contributed by atoms with E-state index in [9.17, 15) is 4.79 Å². The van der Waals surface area contributed by atoms with Crippen LogP contribution < -0.4 is 15.8 Å². The normalized spacial score (nSPS) is 19.8. The third-order valence-corrected chi connectivity index (χ3v) is 5.48. The average Bonchev–Trinajstić information content (AvgIpc) is 3.05. The highest BCUT2D eigenvalue weighted by Crippen LogP contribution is 2.31. The number of rotatable bonds is 6. The number of methoxy groups -OCH3 is 1. The molecule has 2 aromatic carbocycles. The molecule has 146 valence electrons. The zero-order valence-electron chi connectivity index (χ0n) is 15.4. The van der Waals surface area contributed by atoms with Crippen molar-refractivity contribution in [2.45, 2.75) is 37.8 Å². The Labute approximate surface area is 171 Å². The highest BCUT2D eigenvalue weighted by atomic mass is 35.5. The van der Waals surface area contributed by atoms with Gasteiger partial charge in [0.1, 0.15) is 5.75 Å². The minimum absolute atomic E-state index is 0. The van der Waals surface area contributed by atoms with E-state index in [1.54, 1.807) is 7.11 Å². The van der Waals surface area contributed by atoms with E-state index in [2.05, 4.69) is 5.32 Å². The summed E-state index contributed by atoms with van der Waals surface area (Å²) >= 11 is 6.41. The second kappa shape index (κ2) is 9.98. The van der Waals surface area contributed by atoms with E-state index >= 15 is 0 Å². The van der Waals surface area contributed by atoms with Gasteiger partial charge >= 0.3 is 0 Å². The van der Waals surface area contributed by atoms with Gasteiger partial charge in [-0.1, -0.05) is 48.4 Å². The summed E-state index contributed by atoms with van der Waals surface area (Å²) in [7, 11) is 1.63. The lowest BCUT2D eigenvalue weighted by molar-refractivity contribution is -0.122. The fraction of sp³-hybridized carbons (Fsp3) is 0.381. The SMILES string of the molecule is COc1ccc(C(NC(=O)C[C@@H]2CCC[C@H]2N)c2ccccc2Cl)cc1.Cl.